The zero-order chi connectivity index (χ0) is 9.56. The Labute approximate surface area is 74.0 Å². The number of nitrogens with zero attached hydrogens (tertiary/aromatic N) is 2. The molecule has 3 heteroatoms. The van der Waals surface area contributed by atoms with Gasteiger partial charge in [-0.25, -0.2) is 0 Å². The van der Waals surface area contributed by atoms with Gasteiger partial charge in [0.1, 0.15) is 0 Å². The monoisotopic (exact) mass is 168 g/mol. The predicted octanol–water partition coefficient (Wildman–Crippen LogP) is 1.40. The molecule has 0 spiro atoms. The number of hydrogen-bond acceptors (Lipinski definition) is 2. The van der Waals surface area contributed by atoms with E-state index in [4.69, 9.17) is 5.26 Å². The van der Waals surface area contributed by atoms with E-state index in [0.29, 0.717) is 6.54 Å². The maximum absolute atomic E-state index is 10.7. The molecule has 12 heavy (non-hydrogen) atoms. The molecule has 0 radical (unpaired) electrons. The van der Waals surface area contributed by atoms with Gasteiger partial charge in [-0.1, -0.05) is 13.8 Å². The van der Waals surface area contributed by atoms with E-state index in [-0.39, 0.29) is 11.8 Å². The molecule has 0 aromatic rings. The number of carbonyl (C=O) groups excluding carboxylic acids is 1. The minimum absolute atomic E-state index is 0.0731. The summed E-state index contributed by atoms with van der Waals surface area (Å²) < 4.78 is 0. The van der Waals surface area contributed by atoms with Gasteiger partial charge in [-0.05, 0) is 6.42 Å². The summed E-state index contributed by atoms with van der Waals surface area (Å²) in [6.07, 6.45) is 0.843. The van der Waals surface area contributed by atoms with Crippen molar-refractivity contribution in [2.24, 2.45) is 5.92 Å². The van der Waals surface area contributed by atoms with Crippen LogP contribution in [0.1, 0.15) is 27.2 Å². The third kappa shape index (κ3) is 2.91. The van der Waals surface area contributed by atoms with E-state index in [9.17, 15) is 4.79 Å². The van der Waals surface area contributed by atoms with E-state index in [0.717, 1.165) is 13.0 Å². The molecule has 68 valence electrons. The second-order valence-corrected chi connectivity index (χ2v) is 2.58. The summed E-state index contributed by atoms with van der Waals surface area (Å²) in [5, 5.41) is 8.48. The Morgan fingerprint density at radius 2 is 2.17 bits per heavy atom. The molecule has 0 N–H and O–H groups in total. The summed E-state index contributed by atoms with van der Waals surface area (Å²) in [6.45, 7) is 6.93. The fourth-order valence-electron chi connectivity index (χ4n) is 1.15. The Hall–Kier alpha value is -1.04. The first-order chi connectivity index (χ1) is 5.74. The first-order valence-corrected chi connectivity index (χ1v) is 4.39. The van der Waals surface area contributed by atoms with Gasteiger partial charge in [0.15, 0.2) is 0 Å². The van der Waals surface area contributed by atoms with Crippen LogP contribution >= 0.6 is 0 Å². The van der Waals surface area contributed by atoms with Gasteiger partial charge < -0.3 is 4.90 Å². The van der Waals surface area contributed by atoms with Crippen LogP contribution in [0.2, 0.25) is 0 Å². The minimum atomic E-state index is 0.0731. The molecule has 0 aromatic carbocycles. The van der Waals surface area contributed by atoms with Crippen LogP contribution in [0.25, 0.3) is 0 Å². The Balaban J connectivity index is 0.000000561. The lowest BCUT2D eigenvalue weighted by Gasteiger charge is -2.10. The average Bonchev–Trinajstić information content (AvgIpc) is 2.55. The average molecular weight is 168 g/mol. The van der Waals surface area contributed by atoms with Crippen LogP contribution in [-0.4, -0.2) is 23.9 Å². The molecule has 1 unspecified atom stereocenters. The van der Waals surface area contributed by atoms with E-state index in [2.05, 4.69) is 6.07 Å². The van der Waals surface area contributed by atoms with Crippen molar-refractivity contribution >= 4 is 5.91 Å². The summed E-state index contributed by atoms with van der Waals surface area (Å²) in [5.74, 6) is 0.154. The van der Waals surface area contributed by atoms with Crippen LogP contribution in [0.4, 0.5) is 0 Å². The number of hydrogen-bond donors (Lipinski definition) is 0. The molecule has 1 saturated heterocycles. The lowest BCUT2D eigenvalue weighted by atomic mass is 10.1. The van der Waals surface area contributed by atoms with Crippen LogP contribution in [-0.2, 0) is 4.79 Å². The van der Waals surface area contributed by atoms with Gasteiger partial charge in [0.2, 0.25) is 5.91 Å². The standard InChI is InChI=1S/C7H10N2O.C2H6/c1-6(10)9-3-2-7(4-8)5-9;1-2/h7H,2-3,5H2,1H3;1-2H3. The van der Waals surface area contributed by atoms with Gasteiger partial charge >= 0.3 is 0 Å². The molecule has 1 rings (SSSR count). The van der Waals surface area contributed by atoms with Gasteiger partial charge in [0, 0.05) is 20.0 Å². The highest BCUT2D eigenvalue weighted by Crippen LogP contribution is 2.14. The van der Waals surface area contributed by atoms with Crippen LogP contribution in [0.15, 0.2) is 0 Å². The van der Waals surface area contributed by atoms with Crippen molar-refractivity contribution in [2.75, 3.05) is 13.1 Å². The Morgan fingerprint density at radius 3 is 2.42 bits per heavy atom. The maximum Gasteiger partial charge on any atom is 0.219 e. The third-order valence-corrected chi connectivity index (χ3v) is 1.82. The van der Waals surface area contributed by atoms with Gasteiger partial charge in [-0.2, -0.15) is 5.26 Å². The zero-order valence-corrected chi connectivity index (χ0v) is 8.00. The number of nitriles is 1. The molecule has 0 bridgehead atoms. The van der Waals surface area contributed by atoms with Crippen molar-refractivity contribution in [3.63, 3.8) is 0 Å². The Bertz CT molecular complexity index is 183. The van der Waals surface area contributed by atoms with Crippen molar-refractivity contribution in [1.82, 2.24) is 4.90 Å². The maximum atomic E-state index is 10.7. The van der Waals surface area contributed by atoms with Crippen molar-refractivity contribution in [3.05, 3.63) is 0 Å². The normalized spacial score (nSPS) is 20.8. The van der Waals surface area contributed by atoms with Crippen LogP contribution in [0.3, 0.4) is 0 Å². The minimum Gasteiger partial charge on any atom is -0.342 e. The molecule has 0 aromatic heterocycles. The van der Waals surface area contributed by atoms with Gasteiger partial charge in [-0.3, -0.25) is 4.79 Å². The van der Waals surface area contributed by atoms with E-state index < -0.39 is 0 Å². The molecule has 0 aliphatic carbocycles. The molecular formula is C9H16N2O. The second-order valence-electron chi connectivity index (χ2n) is 2.58. The molecule has 1 heterocycles. The van der Waals surface area contributed by atoms with Crippen molar-refractivity contribution < 1.29 is 4.79 Å². The summed E-state index contributed by atoms with van der Waals surface area (Å²) in [4.78, 5) is 12.4. The fourth-order valence-corrected chi connectivity index (χ4v) is 1.15. The molecule has 1 fully saturated rings. The molecule has 1 amide bonds. The Kier molecular flexibility index (Phi) is 5.11. The topological polar surface area (TPSA) is 44.1 Å². The highest BCUT2D eigenvalue weighted by molar-refractivity contribution is 5.73. The third-order valence-electron chi connectivity index (χ3n) is 1.82. The van der Waals surface area contributed by atoms with Crippen molar-refractivity contribution in [2.45, 2.75) is 27.2 Å². The number of carbonyl (C=O) groups is 1. The smallest absolute Gasteiger partial charge is 0.219 e. The molecular weight excluding hydrogens is 152 g/mol. The quantitative estimate of drug-likeness (QED) is 0.549. The predicted molar refractivity (Wildman–Crippen MR) is 47.3 cm³/mol. The fraction of sp³-hybridized carbons (Fsp3) is 0.778. The van der Waals surface area contributed by atoms with E-state index >= 15 is 0 Å². The summed E-state index contributed by atoms with van der Waals surface area (Å²) in [7, 11) is 0. The molecule has 1 atom stereocenters. The largest absolute Gasteiger partial charge is 0.342 e. The van der Waals surface area contributed by atoms with Crippen LogP contribution < -0.4 is 0 Å². The van der Waals surface area contributed by atoms with Crippen LogP contribution in [0, 0.1) is 17.2 Å². The lowest BCUT2D eigenvalue weighted by molar-refractivity contribution is -0.127. The van der Waals surface area contributed by atoms with Gasteiger partial charge in [0.25, 0.3) is 0 Å². The molecule has 3 nitrogen and oxygen atoms in total. The van der Waals surface area contributed by atoms with Gasteiger partial charge in [0.05, 0.1) is 12.0 Å². The number of rotatable bonds is 0. The van der Waals surface area contributed by atoms with E-state index in [1.807, 2.05) is 13.8 Å². The van der Waals surface area contributed by atoms with E-state index in [1.165, 1.54) is 0 Å². The van der Waals surface area contributed by atoms with Gasteiger partial charge in [-0.15, -0.1) is 0 Å². The summed E-state index contributed by atoms with van der Waals surface area (Å²) in [5.41, 5.74) is 0. The van der Waals surface area contributed by atoms with E-state index in [1.54, 1.807) is 11.8 Å². The zero-order valence-electron chi connectivity index (χ0n) is 8.00. The summed E-state index contributed by atoms with van der Waals surface area (Å²) in [6, 6.07) is 2.15. The number of likely N-dealkylation sites (tertiary alicyclic amines) is 1. The highest BCUT2D eigenvalue weighted by atomic mass is 16.2. The second kappa shape index (κ2) is 5.59. The summed E-state index contributed by atoms with van der Waals surface area (Å²) >= 11 is 0. The molecule has 0 saturated carbocycles. The first kappa shape index (κ1) is 11.0. The molecule has 1 aliphatic rings. The lowest BCUT2D eigenvalue weighted by Crippen LogP contribution is -2.25. The van der Waals surface area contributed by atoms with Crippen LogP contribution in [0.5, 0.6) is 0 Å². The van der Waals surface area contributed by atoms with Crippen molar-refractivity contribution in [3.8, 4) is 6.07 Å². The Morgan fingerprint density at radius 1 is 1.58 bits per heavy atom. The molecule has 1 aliphatic heterocycles. The SMILES string of the molecule is CC.CC(=O)N1CCC(C#N)C1. The van der Waals surface area contributed by atoms with Crippen molar-refractivity contribution in [1.29, 1.82) is 5.26 Å². The highest BCUT2D eigenvalue weighted by Gasteiger charge is 2.23. The first-order valence-electron chi connectivity index (χ1n) is 4.39. The number of amides is 1.